The predicted molar refractivity (Wildman–Crippen MR) is 90.5 cm³/mol. The van der Waals surface area contributed by atoms with E-state index >= 15 is 0 Å². The number of esters is 1. The van der Waals surface area contributed by atoms with E-state index in [0.29, 0.717) is 11.3 Å². The third-order valence-corrected chi connectivity index (χ3v) is 4.04. The second-order valence-corrected chi connectivity index (χ2v) is 5.67. The van der Waals surface area contributed by atoms with Crippen LogP contribution in [0.25, 0.3) is 0 Å². The molecule has 1 amide bonds. The highest BCUT2D eigenvalue weighted by molar-refractivity contribution is 8.18. The second-order valence-electron chi connectivity index (χ2n) is 4.26. The summed E-state index contributed by atoms with van der Waals surface area (Å²) in [5.41, 5.74) is 0.324. The number of nitrogens with one attached hydrogen (secondary N) is 1. The van der Waals surface area contributed by atoms with Crippen LogP contribution in [0.3, 0.4) is 0 Å². The number of rotatable bonds is 4. The summed E-state index contributed by atoms with van der Waals surface area (Å²) in [6.45, 7) is 0. The van der Waals surface area contributed by atoms with E-state index in [1.54, 1.807) is 12.1 Å². The number of methoxy groups -OCH3 is 2. The molecule has 1 aliphatic rings. The summed E-state index contributed by atoms with van der Waals surface area (Å²) >= 11 is 6.86. The first-order valence-corrected chi connectivity index (χ1v) is 7.61. The van der Waals surface area contributed by atoms with Crippen LogP contribution in [-0.2, 0) is 14.3 Å². The SMILES string of the molecule is COC(=O)/C=C1/S/C(=N\N=Cc2ccc(OC)c(Cl)c2O)NC1=O. The van der Waals surface area contributed by atoms with Crippen molar-refractivity contribution < 1.29 is 24.2 Å². The van der Waals surface area contributed by atoms with Gasteiger partial charge in [0.1, 0.15) is 16.5 Å². The average molecular weight is 370 g/mol. The second kappa shape index (κ2) is 7.84. The first-order chi connectivity index (χ1) is 11.5. The number of carbonyl (C=O) groups is 2. The van der Waals surface area contributed by atoms with Gasteiger partial charge in [0.25, 0.3) is 5.91 Å². The number of aromatic hydroxyl groups is 1. The molecule has 1 aromatic carbocycles. The number of benzene rings is 1. The Morgan fingerprint density at radius 3 is 2.83 bits per heavy atom. The highest BCUT2D eigenvalue weighted by atomic mass is 35.5. The van der Waals surface area contributed by atoms with Crippen molar-refractivity contribution in [3.8, 4) is 11.5 Å². The van der Waals surface area contributed by atoms with E-state index in [0.717, 1.165) is 17.8 Å². The molecule has 0 atom stereocenters. The molecule has 1 aromatic rings. The predicted octanol–water partition coefficient (Wildman–Crippen LogP) is 1.66. The summed E-state index contributed by atoms with van der Waals surface area (Å²) in [4.78, 5) is 22.9. The number of amides is 1. The van der Waals surface area contributed by atoms with E-state index < -0.39 is 11.9 Å². The van der Waals surface area contributed by atoms with E-state index in [9.17, 15) is 14.7 Å². The van der Waals surface area contributed by atoms with Crippen LogP contribution in [0.5, 0.6) is 11.5 Å². The number of hydrogen-bond acceptors (Lipinski definition) is 8. The van der Waals surface area contributed by atoms with Crippen LogP contribution >= 0.6 is 23.4 Å². The lowest BCUT2D eigenvalue weighted by Crippen LogP contribution is -2.19. The van der Waals surface area contributed by atoms with Crippen molar-refractivity contribution in [1.82, 2.24) is 5.32 Å². The molecule has 1 aliphatic heterocycles. The van der Waals surface area contributed by atoms with Gasteiger partial charge in [-0.25, -0.2) is 4.79 Å². The van der Waals surface area contributed by atoms with Crippen molar-refractivity contribution in [2.45, 2.75) is 0 Å². The first kappa shape index (κ1) is 17.8. The minimum absolute atomic E-state index is 0.0564. The quantitative estimate of drug-likeness (QED) is 0.361. The number of phenols is 1. The molecule has 0 aromatic heterocycles. The Labute approximate surface area is 146 Å². The van der Waals surface area contributed by atoms with Crippen molar-refractivity contribution in [2.24, 2.45) is 10.2 Å². The maximum absolute atomic E-state index is 11.6. The highest BCUT2D eigenvalue weighted by Gasteiger charge is 2.25. The van der Waals surface area contributed by atoms with Crippen molar-refractivity contribution in [3.05, 3.63) is 33.7 Å². The van der Waals surface area contributed by atoms with Gasteiger partial charge in [0, 0.05) is 11.6 Å². The largest absolute Gasteiger partial charge is 0.506 e. The van der Waals surface area contributed by atoms with E-state index in [1.807, 2.05) is 0 Å². The number of nitrogens with zero attached hydrogens (tertiary/aromatic N) is 2. The summed E-state index contributed by atoms with van der Waals surface area (Å²) in [6.07, 6.45) is 2.32. The molecule has 0 spiro atoms. The van der Waals surface area contributed by atoms with E-state index in [1.165, 1.54) is 20.4 Å². The van der Waals surface area contributed by atoms with Gasteiger partial charge in [0.2, 0.25) is 0 Å². The summed E-state index contributed by atoms with van der Waals surface area (Å²) < 4.78 is 9.42. The lowest BCUT2D eigenvalue weighted by molar-refractivity contribution is -0.135. The van der Waals surface area contributed by atoms with Crippen LogP contribution in [0.4, 0.5) is 0 Å². The van der Waals surface area contributed by atoms with E-state index in [2.05, 4.69) is 20.3 Å². The third-order valence-electron chi connectivity index (χ3n) is 2.78. The number of halogens is 1. The molecule has 24 heavy (non-hydrogen) atoms. The molecular weight excluding hydrogens is 358 g/mol. The fourth-order valence-electron chi connectivity index (χ4n) is 1.61. The van der Waals surface area contributed by atoms with Crippen molar-refractivity contribution in [1.29, 1.82) is 0 Å². The Hall–Kier alpha value is -2.52. The third kappa shape index (κ3) is 4.06. The molecule has 1 heterocycles. The summed E-state index contributed by atoms with van der Waals surface area (Å²) in [6, 6.07) is 3.12. The van der Waals surface area contributed by atoms with E-state index in [4.69, 9.17) is 16.3 Å². The molecule has 0 unspecified atom stereocenters. The summed E-state index contributed by atoms with van der Waals surface area (Å²) in [7, 11) is 2.64. The number of phenolic OH excluding ortho intramolecular Hbond substituents is 1. The molecule has 1 fully saturated rings. The van der Waals surface area contributed by atoms with Gasteiger partial charge in [-0.3, -0.25) is 10.1 Å². The Morgan fingerprint density at radius 1 is 1.42 bits per heavy atom. The number of carbonyl (C=O) groups excluding carboxylic acids is 2. The fourth-order valence-corrected chi connectivity index (χ4v) is 2.60. The van der Waals surface area contributed by atoms with Crippen LogP contribution in [-0.4, -0.2) is 42.6 Å². The van der Waals surface area contributed by atoms with Crippen molar-refractivity contribution >= 4 is 46.6 Å². The zero-order valence-electron chi connectivity index (χ0n) is 12.6. The van der Waals surface area contributed by atoms with Gasteiger partial charge < -0.3 is 14.6 Å². The molecule has 1 saturated heterocycles. The molecule has 2 N–H and O–H groups in total. The smallest absolute Gasteiger partial charge is 0.331 e. The van der Waals surface area contributed by atoms with Crippen LogP contribution in [0.2, 0.25) is 5.02 Å². The highest BCUT2D eigenvalue weighted by Crippen LogP contribution is 2.35. The standard InChI is InChI=1S/C14H12ClN3O5S/c1-22-8-4-3-7(12(20)11(8)15)6-16-18-14-17-13(21)9(24-14)5-10(19)23-2/h3-6,20H,1-2H3,(H,17,18,21)/b9-5+,16-6?. The molecule has 0 bridgehead atoms. The summed E-state index contributed by atoms with van der Waals surface area (Å²) in [5, 5.41) is 20.2. The van der Waals surface area contributed by atoms with Crippen molar-refractivity contribution in [3.63, 3.8) is 0 Å². The van der Waals surface area contributed by atoms with E-state index in [-0.39, 0.29) is 20.8 Å². The zero-order chi connectivity index (χ0) is 17.7. The Morgan fingerprint density at radius 2 is 2.17 bits per heavy atom. The molecule has 0 aliphatic carbocycles. The molecule has 2 rings (SSSR count). The van der Waals surface area contributed by atoms with Crippen molar-refractivity contribution in [2.75, 3.05) is 14.2 Å². The molecular formula is C14H12ClN3O5S. The Bertz CT molecular complexity index is 776. The van der Waals surface area contributed by atoms with Crippen LogP contribution in [0, 0.1) is 0 Å². The first-order valence-electron chi connectivity index (χ1n) is 6.41. The minimum Gasteiger partial charge on any atom is -0.506 e. The number of ether oxygens (including phenoxy) is 2. The van der Waals surface area contributed by atoms with Gasteiger partial charge in [0.05, 0.1) is 25.3 Å². The zero-order valence-corrected chi connectivity index (χ0v) is 14.1. The van der Waals surface area contributed by atoms with Crippen LogP contribution < -0.4 is 10.1 Å². The summed E-state index contributed by atoms with van der Waals surface area (Å²) in [5.74, 6) is -0.993. The number of hydrogen-bond donors (Lipinski definition) is 2. The molecule has 8 nitrogen and oxygen atoms in total. The lowest BCUT2D eigenvalue weighted by atomic mass is 10.2. The normalized spacial score (nSPS) is 17.5. The fraction of sp³-hybridized carbons (Fsp3) is 0.143. The molecule has 0 saturated carbocycles. The Kier molecular flexibility index (Phi) is 5.83. The maximum atomic E-state index is 11.6. The Balaban J connectivity index is 2.13. The van der Waals surface area contributed by atoms with Crippen LogP contribution in [0.15, 0.2) is 33.3 Å². The van der Waals surface area contributed by atoms with Gasteiger partial charge in [-0.2, -0.15) is 5.10 Å². The van der Waals surface area contributed by atoms with Gasteiger partial charge in [-0.1, -0.05) is 11.6 Å². The minimum atomic E-state index is -0.643. The van der Waals surface area contributed by atoms with Gasteiger partial charge in [0.15, 0.2) is 5.17 Å². The molecule has 126 valence electrons. The van der Waals surface area contributed by atoms with Gasteiger partial charge >= 0.3 is 5.97 Å². The number of thioether (sulfide) groups is 1. The van der Waals surface area contributed by atoms with Gasteiger partial charge in [-0.15, -0.1) is 5.10 Å². The average Bonchev–Trinajstić information content (AvgIpc) is 2.91. The number of amidine groups is 1. The van der Waals surface area contributed by atoms with Gasteiger partial charge in [-0.05, 0) is 23.9 Å². The lowest BCUT2D eigenvalue weighted by Gasteiger charge is -2.06. The molecule has 0 radical (unpaired) electrons. The molecule has 10 heteroatoms. The topological polar surface area (TPSA) is 110 Å². The van der Waals surface area contributed by atoms with Crippen LogP contribution in [0.1, 0.15) is 5.56 Å². The monoisotopic (exact) mass is 369 g/mol. The maximum Gasteiger partial charge on any atom is 0.331 e.